The van der Waals surface area contributed by atoms with Crippen LogP contribution in [0.5, 0.6) is 5.75 Å². The largest absolute Gasteiger partial charge is 0.487 e. The molecule has 0 radical (unpaired) electrons. The fraction of sp³-hybridized carbons (Fsp3) is 0.263. The van der Waals surface area contributed by atoms with Gasteiger partial charge >= 0.3 is 0 Å². The third-order valence-electron chi connectivity index (χ3n) is 4.17. The molecule has 0 unspecified atom stereocenters. The molecule has 3 aromatic rings. The van der Waals surface area contributed by atoms with E-state index in [1.165, 1.54) is 0 Å². The first kappa shape index (κ1) is 17.2. The van der Waals surface area contributed by atoms with Gasteiger partial charge in [0.05, 0.1) is 13.1 Å². The number of methoxy groups -OCH3 is 1. The van der Waals surface area contributed by atoms with Crippen molar-refractivity contribution in [3.05, 3.63) is 60.2 Å². The number of rotatable bonds is 6. The van der Waals surface area contributed by atoms with Crippen LogP contribution in [0.15, 0.2) is 53.2 Å². The highest BCUT2D eigenvalue weighted by molar-refractivity contribution is 5.92. The van der Waals surface area contributed by atoms with Gasteiger partial charge in [0.15, 0.2) is 0 Å². The third kappa shape index (κ3) is 3.80. The topological polar surface area (TPSA) is 90.6 Å². The lowest BCUT2D eigenvalue weighted by Crippen LogP contribution is -2.56. The predicted octanol–water partition coefficient (Wildman–Crippen LogP) is 2.18. The summed E-state index contributed by atoms with van der Waals surface area (Å²) < 4.78 is 16.0. The molecule has 27 heavy (non-hydrogen) atoms. The number of pyridine rings is 1. The highest BCUT2D eigenvalue weighted by Crippen LogP contribution is 2.23. The lowest BCUT2D eigenvalue weighted by atomic mass is 10.1. The van der Waals surface area contributed by atoms with Crippen LogP contribution in [0.2, 0.25) is 0 Å². The van der Waals surface area contributed by atoms with Crippen molar-refractivity contribution in [2.75, 3.05) is 20.2 Å². The molecule has 1 saturated heterocycles. The number of hydrogen-bond acceptors (Lipinski definition) is 7. The minimum atomic E-state index is -0.0743. The number of hydrogen-bond donors (Lipinski definition) is 0. The molecule has 0 spiro atoms. The Balaban J connectivity index is 1.31. The molecule has 0 aliphatic carbocycles. The zero-order valence-corrected chi connectivity index (χ0v) is 14.7. The fourth-order valence-corrected chi connectivity index (χ4v) is 2.76. The van der Waals surface area contributed by atoms with Crippen LogP contribution in [0.25, 0.3) is 11.4 Å². The summed E-state index contributed by atoms with van der Waals surface area (Å²) in [7, 11) is 1.57. The lowest BCUT2D eigenvalue weighted by Gasteiger charge is -2.38. The van der Waals surface area contributed by atoms with E-state index in [0.717, 1.165) is 11.3 Å². The molecule has 1 fully saturated rings. The van der Waals surface area contributed by atoms with Crippen molar-refractivity contribution >= 4 is 5.91 Å². The van der Waals surface area contributed by atoms with E-state index >= 15 is 0 Å². The molecule has 138 valence electrons. The van der Waals surface area contributed by atoms with E-state index in [1.54, 1.807) is 36.4 Å². The number of ether oxygens (including phenoxy) is 2. The van der Waals surface area contributed by atoms with Crippen LogP contribution in [0, 0.1) is 0 Å². The van der Waals surface area contributed by atoms with Crippen molar-refractivity contribution in [2.45, 2.75) is 12.7 Å². The molecular weight excluding hydrogens is 348 g/mol. The predicted molar refractivity (Wildman–Crippen MR) is 95.0 cm³/mol. The smallest absolute Gasteiger partial charge is 0.272 e. The van der Waals surface area contributed by atoms with E-state index in [4.69, 9.17) is 14.0 Å². The van der Waals surface area contributed by atoms with Crippen LogP contribution in [0.3, 0.4) is 0 Å². The first-order valence-corrected chi connectivity index (χ1v) is 8.52. The van der Waals surface area contributed by atoms with Crippen LogP contribution in [0.1, 0.15) is 16.4 Å². The highest BCUT2D eigenvalue weighted by atomic mass is 16.5. The maximum absolute atomic E-state index is 12.3. The number of carbonyl (C=O) groups excluding carboxylic acids is 1. The average molecular weight is 366 g/mol. The molecule has 4 rings (SSSR count). The fourth-order valence-electron chi connectivity index (χ4n) is 2.76. The summed E-state index contributed by atoms with van der Waals surface area (Å²) in [5, 5.41) is 3.92. The minimum Gasteiger partial charge on any atom is -0.487 e. The van der Waals surface area contributed by atoms with Gasteiger partial charge in [0.1, 0.15) is 24.2 Å². The van der Waals surface area contributed by atoms with Crippen LogP contribution in [-0.4, -0.2) is 52.2 Å². The molecule has 1 amide bonds. The number of nitrogens with zero attached hydrogens (tertiary/aromatic N) is 4. The summed E-state index contributed by atoms with van der Waals surface area (Å²) >= 11 is 0. The Bertz CT molecular complexity index is 905. The van der Waals surface area contributed by atoms with Crippen molar-refractivity contribution in [2.24, 2.45) is 0 Å². The molecule has 1 aromatic carbocycles. The summed E-state index contributed by atoms with van der Waals surface area (Å²) in [6.07, 6.45) is 1.59. The summed E-state index contributed by atoms with van der Waals surface area (Å²) in [5.41, 5.74) is 1.28. The van der Waals surface area contributed by atoms with Gasteiger partial charge in [-0.2, -0.15) is 4.98 Å². The van der Waals surface area contributed by atoms with E-state index in [0.29, 0.717) is 30.5 Å². The standard InChI is InChI=1S/C19H18N4O4/c1-25-12-17-21-18(22-27-17)13-5-7-14(8-6-13)26-15-10-23(11-15)19(24)16-4-2-3-9-20-16/h2-9,15H,10-12H2,1H3. The molecule has 0 saturated carbocycles. The van der Waals surface area contributed by atoms with Crippen molar-refractivity contribution in [1.82, 2.24) is 20.0 Å². The second-order valence-electron chi connectivity index (χ2n) is 6.13. The first-order valence-electron chi connectivity index (χ1n) is 8.52. The van der Waals surface area contributed by atoms with Gasteiger partial charge in [-0.05, 0) is 36.4 Å². The van der Waals surface area contributed by atoms with Gasteiger partial charge in [0, 0.05) is 18.9 Å². The number of aromatic nitrogens is 3. The molecule has 8 nitrogen and oxygen atoms in total. The Hall–Kier alpha value is -3.26. The average Bonchev–Trinajstić information content (AvgIpc) is 3.14. The second-order valence-corrected chi connectivity index (χ2v) is 6.13. The number of carbonyl (C=O) groups is 1. The van der Waals surface area contributed by atoms with Crippen molar-refractivity contribution in [3.8, 4) is 17.1 Å². The van der Waals surface area contributed by atoms with E-state index in [-0.39, 0.29) is 18.6 Å². The van der Waals surface area contributed by atoms with Gasteiger partial charge < -0.3 is 18.9 Å². The monoisotopic (exact) mass is 366 g/mol. The summed E-state index contributed by atoms with van der Waals surface area (Å²) in [6.45, 7) is 1.37. The Labute approximate surface area is 155 Å². The second kappa shape index (κ2) is 7.55. The Morgan fingerprint density at radius 2 is 2.04 bits per heavy atom. The Kier molecular flexibility index (Phi) is 4.80. The van der Waals surface area contributed by atoms with Crippen LogP contribution in [-0.2, 0) is 11.3 Å². The van der Waals surface area contributed by atoms with E-state index in [9.17, 15) is 4.79 Å². The van der Waals surface area contributed by atoms with E-state index < -0.39 is 0 Å². The number of amides is 1. The van der Waals surface area contributed by atoms with Gasteiger partial charge in [-0.25, -0.2) is 0 Å². The van der Waals surface area contributed by atoms with Gasteiger partial charge in [-0.1, -0.05) is 11.2 Å². The SMILES string of the molecule is COCc1nc(-c2ccc(OC3CN(C(=O)c4ccccn4)C3)cc2)no1. The summed E-state index contributed by atoms with van der Waals surface area (Å²) in [5.74, 6) is 1.59. The van der Waals surface area contributed by atoms with Gasteiger partial charge in [-0.15, -0.1) is 0 Å². The third-order valence-corrected chi connectivity index (χ3v) is 4.17. The quantitative estimate of drug-likeness (QED) is 0.660. The molecule has 8 heteroatoms. The molecule has 0 N–H and O–H groups in total. The molecule has 1 aliphatic rings. The van der Waals surface area contributed by atoms with Gasteiger partial charge in [0.25, 0.3) is 11.8 Å². The van der Waals surface area contributed by atoms with Crippen LogP contribution >= 0.6 is 0 Å². The molecule has 3 heterocycles. The maximum Gasteiger partial charge on any atom is 0.272 e. The van der Waals surface area contributed by atoms with Gasteiger partial charge in [-0.3, -0.25) is 9.78 Å². The molecule has 2 aromatic heterocycles. The highest BCUT2D eigenvalue weighted by Gasteiger charge is 2.33. The molecule has 0 atom stereocenters. The van der Waals surface area contributed by atoms with Crippen molar-refractivity contribution in [3.63, 3.8) is 0 Å². The van der Waals surface area contributed by atoms with Crippen LogP contribution in [0.4, 0.5) is 0 Å². The number of benzene rings is 1. The summed E-state index contributed by atoms with van der Waals surface area (Å²) in [6, 6.07) is 12.7. The molecule has 1 aliphatic heterocycles. The Morgan fingerprint density at radius 3 is 2.74 bits per heavy atom. The zero-order valence-electron chi connectivity index (χ0n) is 14.7. The lowest BCUT2D eigenvalue weighted by molar-refractivity contribution is 0.0173. The van der Waals surface area contributed by atoms with Crippen molar-refractivity contribution < 1.29 is 18.8 Å². The van der Waals surface area contributed by atoms with E-state index in [2.05, 4.69) is 15.1 Å². The number of likely N-dealkylation sites (tertiary alicyclic amines) is 1. The summed E-state index contributed by atoms with van der Waals surface area (Å²) in [4.78, 5) is 22.3. The minimum absolute atomic E-state index is 0.0259. The van der Waals surface area contributed by atoms with Gasteiger partial charge in [0.2, 0.25) is 5.82 Å². The zero-order chi connectivity index (χ0) is 18.6. The normalized spacial score (nSPS) is 14.0. The molecule has 0 bridgehead atoms. The Morgan fingerprint density at radius 1 is 1.22 bits per heavy atom. The van der Waals surface area contributed by atoms with Crippen LogP contribution < -0.4 is 4.74 Å². The van der Waals surface area contributed by atoms with E-state index in [1.807, 2.05) is 24.3 Å². The first-order chi connectivity index (χ1) is 13.2. The van der Waals surface area contributed by atoms with Crippen molar-refractivity contribution in [1.29, 1.82) is 0 Å². The molecular formula is C19H18N4O4. The maximum atomic E-state index is 12.3.